The number of hydrogen-bond donors (Lipinski definition) is 0. The van der Waals surface area contributed by atoms with Gasteiger partial charge in [-0.05, 0) is 50.1 Å². The molecule has 164 valence electrons. The van der Waals surface area contributed by atoms with Gasteiger partial charge in [0.25, 0.3) is 0 Å². The van der Waals surface area contributed by atoms with E-state index < -0.39 is 5.63 Å². The molecule has 0 spiro atoms. The maximum Gasteiger partial charge on any atom is 0.340 e. The predicted octanol–water partition coefficient (Wildman–Crippen LogP) is 3.75. The Labute approximate surface area is 185 Å². The second-order valence-corrected chi connectivity index (χ2v) is 8.35. The summed E-state index contributed by atoms with van der Waals surface area (Å²) in [5.74, 6) is 1.70. The molecular weight excluding hydrogens is 406 g/mol. The summed E-state index contributed by atoms with van der Waals surface area (Å²) in [4.78, 5) is 34.1. The number of hydrogen-bond acceptors (Lipinski definition) is 6. The van der Waals surface area contributed by atoms with E-state index in [4.69, 9.17) is 8.83 Å². The normalized spacial score (nSPS) is 14.5. The van der Waals surface area contributed by atoms with Gasteiger partial charge in [-0.25, -0.2) is 9.78 Å². The number of anilines is 1. The van der Waals surface area contributed by atoms with Crippen molar-refractivity contribution in [1.29, 1.82) is 0 Å². The summed E-state index contributed by atoms with van der Waals surface area (Å²) in [6.07, 6.45) is 1.81. The largest absolute Gasteiger partial charge is 0.461 e. The van der Waals surface area contributed by atoms with Gasteiger partial charge in [-0.1, -0.05) is 6.07 Å². The van der Waals surface area contributed by atoms with Gasteiger partial charge in [0, 0.05) is 49.2 Å². The highest BCUT2D eigenvalue weighted by Crippen LogP contribution is 2.31. The SMILES string of the molecule is Cc1oc2cc3oc(=O)c(CC(=O)N4CCN(c5ccccn5)CC4)c(C)c3cc2c1C. The van der Waals surface area contributed by atoms with E-state index in [0.717, 1.165) is 33.5 Å². The maximum absolute atomic E-state index is 13.0. The number of pyridine rings is 1. The van der Waals surface area contributed by atoms with E-state index in [0.29, 0.717) is 42.9 Å². The second kappa shape index (κ2) is 7.82. The van der Waals surface area contributed by atoms with Gasteiger partial charge in [-0.3, -0.25) is 4.79 Å². The molecule has 4 heterocycles. The molecule has 1 fully saturated rings. The van der Waals surface area contributed by atoms with Crippen molar-refractivity contribution in [2.75, 3.05) is 31.1 Å². The number of piperazine rings is 1. The van der Waals surface area contributed by atoms with Crippen LogP contribution in [0.25, 0.3) is 21.9 Å². The third kappa shape index (κ3) is 3.43. The van der Waals surface area contributed by atoms with Crippen LogP contribution < -0.4 is 10.5 Å². The zero-order valence-electron chi connectivity index (χ0n) is 18.5. The van der Waals surface area contributed by atoms with E-state index in [1.54, 1.807) is 12.3 Å². The topological polar surface area (TPSA) is 79.8 Å². The van der Waals surface area contributed by atoms with Crippen molar-refractivity contribution in [1.82, 2.24) is 9.88 Å². The molecule has 0 radical (unpaired) electrons. The average Bonchev–Trinajstić information content (AvgIpc) is 3.08. The Morgan fingerprint density at radius 2 is 1.69 bits per heavy atom. The van der Waals surface area contributed by atoms with Crippen molar-refractivity contribution in [2.24, 2.45) is 0 Å². The second-order valence-electron chi connectivity index (χ2n) is 8.35. The van der Waals surface area contributed by atoms with E-state index in [-0.39, 0.29) is 12.3 Å². The van der Waals surface area contributed by atoms with Gasteiger partial charge >= 0.3 is 5.63 Å². The van der Waals surface area contributed by atoms with Crippen molar-refractivity contribution in [3.63, 3.8) is 0 Å². The van der Waals surface area contributed by atoms with Gasteiger partial charge in [0.05, 0.1) is 12.0 Å². The Hall–Kier alpha value is -3.61. The molecular formula is C25H25N3O4. The molecule has 32 heavy (non-hydrogen) atoms. The minimum atomic E-state index is -0.463. The van der Waals surface area contributed by atoms with E-state index >= 15 is 0 Å². The number of aromatic nitrogens is 1. The van der Waals surface area contributed by atoms with Gasteiger partial charge in [-0.15, -0.1) is 0 Å². The smallest absolute Gasteiger partial charge is 0.340 e. The minimum absolute atomic E-state index is 0.0368. The van der Waals surface area contributed by atoms with Crippen LogP contribution in [-0.4, -0.2) is 42.0 Å². The minimum Gasteiger partial charge on any atom is -0.461 e. The molecule has 1 aromatic carbocycles. The fraction of sp³-hybridized carbons (Fsp3) is 0.320. The molecule has 5 rings (SSSR count). The zero-order valence-corrected chi connectivity index (χ0v) is 18.5. The van der Waals surface area contributed by atoms with Gasteiger partial charge in [-0.2, -0.15) is 0 Å². The number of carbonyl (C=O) groups excluding carboxylic acids is 1. The Morgan fingerprint density at radius 3 is 2.41 bits per heavy atom. The van der Waals surface area contributed by atoms with Crippen LogP contribution in [0.1, 0.15) is 22.5 Å². The van der Waals surface area contributed by atoms with E-state index in [9.17, 15) is 9.59 Å². The van der Waals surface area contributed by atoms with Gasteiger partial charge in [0.15, 0.2) is 0 Å². The highest BCUT2D eigenvalue weighted by atomic mass is 16.4. The lowest BCUT2D eigenvalue weighted by atomic mass is 10.0. The molecule has 4 aromatic rings. The molecule has 7 nitrogen and oxygen atoms in total. The highest BCUT2D eigenvalue weighted by molar-refractivity contribution is 5.97. The summed E-state index contributed by atoms with van der Waals surface area (Å²) >= 11 is 0. The molecule has 7 heteroatoms. The van der Waals surface area contributed by atoms with E-state index in [1.807, 2.05) is 49.9 Å². The number of carbonyl (C=O) groups is 1. The molecule has 0 bridgehead atoms. The maximum atomic E-state index is 13.0. The summed E-state index contributed by atoms with van der Waals surface area (Å²) in [7, 11) is 0. The monoisotopic (exact) mass is 431 g/mol. The van der Waals surface area contributed by atoms with Crippen molar-refractivity contribution in [3.8, 4) is 0 Å². The molecule has 1 aliphatic rings. The number of furan rings is 1. The van der Waals surface area contributed by atoms with Crippen molar-refractivity contribution in [2.45, 2.75) is 27.2 Å². The lowest BCUT2D eigenvalue weighted by Crippen LogP contribution is -2.49. The number of rotatable bonds is 3. The Kier molecular flexibility index (Phi) is 4.96. The highest BCUT2D eigenvalue weighted by Gasteiger charge is 2.24. The standard InChI is InChI=1S/C25H25N3O4/c1-15-17(3)31-21-14-22-19(12-18(15)21)16(2)20(25(30)32-22)13-24(29)28-10-8-27(9-11-28)23-6-4-5-7-26-23/h4-7,12,14H,8-11,13H2,1-3H3. The lowest BCUT2D eigenvalue weighted by Gasteiger charge is -2.35. The molecule has 3 aromatic heterocycles. The summed E-state index contributed by atoms with van der Waals surface area (Å²) in [6.45, 7) is 8.44. The van der Waals surface area contributed by atoms with Crippen LogP contribution in [0.5, 0.6) is 0 Å². The number of fused-ring (bicyclic) bond motifs is 2. The molecule has 0 unspecified atom stereocenters. The van der Waals surface area contributed by atoms with Crippen molar-refractivity contribution in [3.05, 3.63) is 69.4 Å². The molecule has 1 amide bonds. The van der Waals surface area contributed by atoms with E-state index in [2.05, 4.69) is 9.88 Å². The number of aryl methyl sites for hydroxylation is 3. The quantitative estimate of drug-likeness (QED) is 0.460. The zero-order chi connectivity index (χ0) is 22.4. The Bertz CT molecular complexity index is 1380. The fourth-order valence-corrected chi connectivity index (χ4v) is 4.42. The molecule has 1 saturated heterocycles. The Balaban J connectivity index is 1.39. The first-order chi connectivity index (χ1) is 15.4. The van der Waals surface area contributed by atoms with E-state index in [1.165, 1.54) is 0 Å². The molecule has 0 aliphatic carbocycles. The first-order valence-electron chi connectivity index (χ1n) is 10.8. The summed E-state index contributed by atoms with van der Waals surface area (Å²) in [5, 5.41) is 1.83. The van der Waals surface area contributed by atoms with Gasteiger partial charge in [0.1, 0.15) is 22.7 Å². The third-order valence-corrected chi connectivity index (χ3v) is 6.52. The van der Waals surface area contributed by atoms with Crippen LogP contribution in [0.15, 0.2) is 50.2 Å². The Morgan fingerprint density at radius 1 is 0.969 bits per heavy atom. The predicted molar refractivity (Wildman–Crippen MR) is 123 cm³/mol. The lowest BCUT2D eigenvalue weighted by molar-refractivity contribution is -0.130. The van der Waals surface area contributed by atoms with Crippen LogP contribution in [0.4, 0.5) is 5.82 Å². The molecule has 0 atom stereocenters. The van der Waals surface area contributed by atoms with Crippen LogP contribution in [0, 0.1) is 20.8 Å². The van der Waals surface area contributed by atoms with Crippen LogP contribution in [0.2, 0.25) is 0 Å². The summed E-state index contributed by atoms with van der Waals surface area (Å²) in [5.41, 5.74) is 2.99. The number of benzene rings is 1. The fourth-order valence-electron chi connectivity index (χ4n) is 4.42. The van der Waals surface area contributed by atoms with Crippen molar-refractivity contribution >= 4 is 33.7 Å². The first-order valence-corrected chi connectivity index (χ1v) is 10.8. The third-order valence-electron chi connectivity index (χ3n) is 6.52. The number of nitrogens with zero attached hydrogens (tertiary/aromatic N) is 3. The molecule has 0 saturated carbocycles. The van der Waals surface area contributed by atoms with Crippen LogP contribution >= 0.6 is 0 Å². The summed E-state index contributed by atoms with van der Waals surface area (Å²) < 4.78 is 11.4. The first kappa shape index (κ1) is 20.3. The van der Waals surface area contributed by atoms with Crippen molar-refractivity contribution < 1.29 is 13.6 Å². The molecule has 0 N–H and O–H groups in total. The van der Waals surface area contributed by atoms with Crippen LogP contribution in [-0.2, 0) is 11.2 Å². The van der Waals surface area contributed by atoms with Crippen LogP contribution in [0.3, 0.4) is 0 Å². The summed E-state index contributed by atoms with van der Waals surface area (Å²) in [6, 6.07) is 9.58. The van der Waals surface area contributed by atoms with Gasteiger partial charge < -0.3 is 18.6 Å². The molecule has 1 aliphatic heterocycles. The van der Waals surface area contributed by atoms with Gasteiger partial charge in [0.2, 0.25) is 5.91 Å². The number of amides is 1. The average molecular weight is 431 g/mol.